The van der Waals surface area contributed by atoms with Crippen molar-refractivity contribution in [2.24, 2.45) is 5.41 Å². The number of H-pyrrole nitrogens is 2. The summed E-state index contributed by atoms with van der Waals surface area (Å²) < 4.78 is 35.0. The van der Waals surface area contributed by atoms with Gasteiger partial charge >= 0.3 is 0 Å². The number of aromatic amines is 2. The minimum absolute atomic E-state index is 0.0844. The molecule has 1 spiro atoms. The van der Waals surface area contributed by atoms with Crippen LogP contribution in [0.5, 0.6) is 5.75 Å². The van der Waals surface area contributed by atoms with Crippen LogP contribution in [0.25, 0.3) is 33.5 Å². The Balaban J connectivity index is 1.13. The number of aromatic nitrogens is 4. The van der Waals surface area contributed by atoms with E-state index in [1.54, 1.807) is 6.07 Å². The maximum absolute atomic E-state index is 15.5. The van der Waals surface area contributed by atoms with Crippen LogP contribution in [-0.2, 0) is 28.9 Å². The van der Waals surface area contributed by atoms with Crippen LogP contribution in [0.4, 0.5) is 8.78 Å². The molecular formula is C28H28F2N6O3. The van der Waals surface area contributed by atoms with Gasteiger partial charge in [-0.25, -0.2) is 13.8 Å². The molecule has 9 nitrogen and oxygen atoms in total. The van der Waals surface area contributed by atoms with Gasteiger partial charge in [0.15, 0.2) is 17.4 Å². The van der Waals surface area contributed by atoms with Crippen molar-refractivity contribution >= 4 is 16.8 Å². The molecule has 0 aliphatic carbocycles. The standard InChI is InChI=1S/C28H28F2N6O3/c1-2-15-7-23(37)18(29)8-17(15)16-5-19(30)25-21(6-16)33-34-26(25)27-31-20-3-4-36(9-22(20)32-27)24(38)10-35-11-28(12-35)13-39-14-28/h5-8,37H,2-4,9-14H2,1H3,(H,31,32)(H,33,34). The Bertz CT molecular complexity index is 1620. The molecule has 3 aliphatic rings. The second kappa shape index (κ2) is 8.85. The number of fused-ring (bicyclic) bond motifs is 2. The number of hydrogen-bond acceptors (Lipinski definition) is 6. The van der Waals surface area contributed by atoms with Gasteiger partial charge in [0, 0.05) is 37.2 Å². The fourth-order valence-corrected chi connectivity index (χ4v) is 6.09. The van der Waals surface area contributed by atoms with E-state index in [1.165, 1.54) is 18.2 Å². The van der Waals surface area contributed by atoms with Crippen molar-refractivity contribution in [3.05, 3.63) is 52.9 Å². The molecular weight excluding hydrogens is 506 g/mol. The summed E-state index contributed by atoms with van der Waals surface area (Å²) in [6.45, 7) is 6.68. The van der Waals surface area contributed by atoms with Gasteiger partial charge in [-0.05, 0) is 47.4 Å². The summed E-state index contributed by atoms with van der Waals surface area (Å²) >= 11 is 0. The minimum atomic E-state index is -0.761. The zero-order chi connectivity index (χ0) is 26.9. The Hall–Kier alpha value is -3.83. The molecule has 3 aliphatic heterocycles. The van der Waals surface area contributed by atoms with E-state index < -0.39 is 17.4 Å². The highest BCUT2D eigenvalue weighted by atomic mass is 19.1. The third kappa shape index (κ3) is 3.99. The number of aromatic hydroxyl groups is 1. The van der Waals surface area contributed by atoms with Crippen molar-refractivity contribution in [2.75, 3.05) is 39.4 Å². The summed E-state index contributed by atoms with van der Waals surface area (Å²) in [5, 5.41) is 17.3. The lowest BCUT2D eigenvalue weighted by molar-refractivity contribution is -0.191. The van der Waals surface area contributed by atoms with Gasteiger partial charge in [-0.1, -0.05) is 6.92 Å². The first-order valence-corrected chi connectivity index (χ1v) is 13.2. The summed E-state index contributed by atoms with van der Waals surface area (Å²) in [4.78, 5) is 24.9. The van der Waals surface area contributed by atoms with E-state index in [0.29, 0.717) is 66.2 Å². The Morgan fingerprint density at radius 2 is 2.00 bits per heavy atom. The molecule has 0 unspecified atom stereocenters. The number of hydrogen-bond donors (Lipinski definition) is 3. The average molecular weight is 535 g/mol. The summed E-state index contributed by atoms with van der Waals surface area (Å²) in [6.07, 6.45) is 1.18. The molecule has 7 rings (SSSR count). The van der Waals surface area contributed by atoms with Gasteiger partial charge in [-0.3, -0.25) is 14.8 Å². The third-order valence-corrected chi connectivity index (χ3v) is 8.19. The lowest BCUT2D eigenvalue weighted by Gasteiger charge is -2.55. The van der Waals surface area contributed by atoms with Crippen LogP contribution in [0.3, 0.4) is 0 Å². The molecule has 2 saturated heterocycles. The molecule has 2 fully saturated rings. The second-order valence-corrected chi connectivity index (χ2v) is 11.0. The number of amides is 1. The van der Waals surface area contributed by atoms with Gasteiger partial charge in [-0.15, -0.1) is 0 Å². The molecule has 1 amide bonds. The maximum atomic E-state index is 15.5. The molecule has 5 heterocycles. The number of carbonyl (C=O) groups excluding carboxylic acids is 1. The number of phenols is 1. The Morgan fingerprint density at radius 1 is 1.18 bits per heavy atom. The minimum Gasteiger partial charge on any atom is -0.505 e. The van der Waals surface area contributed by atoms with Crippen LogP contribution in [0, 0.1) is 17.0 Å². The quantitative estimate of drug-likeness (QED) is 0.362. The SMILES string of the molecule is CCc1cc(O)c(F)cc1-c1cc(F)c2c(-c3nc4c([nH]3)CCN(C(=O)CN3CC5(COC5)C3)C4)n[nH]c2c1. The molecule has 11 heteroatoms. The molecule has 0 bridgehead atoms. The highest BCUT2D eigenvalue weighted by Crippen LogP contribution is 2.38. The van der Waals surface area contributed by atoms with E-state index in [2.05, 4.69) is 20.1 Å². The molecule has 2 aromatic heterocycles. The number of nitrogens with one attached hydrogen (secondary N) is 2. The lowest BCUT2D eigenvalue weighted by atomic mass is 9.78. The monoisotopic (exact) mass is 534 g/mol. The number of aryl methyl sites for hydroxylation is 1. The van der Waals surface area contributed by atoms with Gasteiger partial charge in [0.25, 0.3) is 0 Å². The highest BCUT2D eigenvalue weighted by Gasteiger charge is 2.49. The van der Waals surface area contributed by atoms with Crippen molar-refractivity contribution in [1.29, 1.82) is 0 Å². The van der Waals surface area contributed by atoms with Gasteiger partial charge in [0.2, 0.25) is 5.91 Å². The molecule has 0 atom stereocenters. The van der Waals surface area contributed by atoms with E-state index in [0.717, 1.165) is 37.7 Å². The van der Waals surface area contributed by atoms with Crippen LogP contribution in [0.1, 0.15) is 23.9 Å². The summed E-state index contributed by atoms with van der Waals surface area (Å²) in [5.74, 6) is -1.19. The molecule has 4 aromatic rings. The fourth-order valence-electron chi connectivity index (χ4n) is 6.09. The predicted octanol–water partition coefficient (Wildman–Crippen LogP) is 3.38. The van der Waals surface area contributed by atoms with Crippen molar-refractivity contribution in [3.8, 4) is 28.4 Å². The first-order valence-electron chi connectivity index (χ1n) is 13.2. The maximum Gasteiger partial charge on any atom is 0.237 e. The zero-order valence-electron chi connectivity index (χ0n) is 21.5. The van der Waals surface area contributed by atoms with Crippen molar-refractivity contribution < 1.29 is 23.4 Å². The van der Waals surface area contributed by atoms with E-state index >= 15 is 4.39 Å². The van der Waals surface area contributed by atoms with Gasteiger partial charge in [0.05, 0.1) is 42.9 Å². The number of carbonyl (C=O) groups is 1. The molecule has 0 radical (unpaired) electrons. The molecule has 0 saturated carbocycles. The average Bonchev–Trinajstić information content (AvgIpc) is 3.49. The van der Waals surface area contributed by atoms with E-state index in [-0.39, 0.29) is 16.7 Å². The molecule has 3 N–H and O–H groups in total. The fraction of sp³-hybridized carbons (Fsp3) is 0.393. The van der Waals surface area contributed by atoms with Crippen LogP contribution in [0.15, 0.2) is 24.3 Å². The second-order valence-electron chi connectivity index (χ2n) is 11.0. The number of likely N-dealkylation sites (tertiary alicyclic amines) is 1. The van der Waals surface area contributed by atoms with Crippen LogP contribution in [-0.4, -0.2) is 80.4 Å². The molecule has 2 aromatic carbocycles. The van der Waals surface area contributed by atoms with Gasteiger partial charge < -0.3 is 19.7 Å². The first-order chi connectivity index (χ1) is 18.8. The van der Waals surface area contributed by atoms with Crippen LogP contribution >= 0.6 is 0 Å². The molecule has 202 valence electrons. The molecule has 39 heavy (non-hydrogen) atoms. The predicted molar refractivity (Wildman–Crippen MR) is 139 cm³/mol. The number of halogens is 2. The van der Waals surface area contributed by atoms with Gasteiger partial charge in [-0.2, -0.15) is 5.10 Å². The Morgan fingerprint density at radius 3 is 2.74 bits per heavy atom. The highest BCUT2D eigenvalue weighted by molar-refractivity contribution is 5.94. The number of rotatable bonds is 5. The number of phenolic OH excluding ortho intramolecular Hbond substituents is 1. The number of nitrogens with zero attached hydrogens (tertiary/aromatic N) is 4. The van der Waals surface area contributed by atoms with Crippen molar-refractivity contribution in [3.63, 3.8) is 0 Å². The largest absolute Gasteiger partial charge is 0.505 e. The van der Waals surface area contributed by atoms with Crippen LogP contribution < -0.4 is 0 Å². The number of ether oxygens (including phenoxy) is 1. The van der Waals surface area contributed by atoms with Gasteiger partial charge in [0.1, 0.15) is 11.5 Å². The van der Waals surface area contributed by atoms with E-state index in [4.69, 9.17) is 9.72 Å². The zero-order valence-corrected chi connectivity index (χ0v) is 21.5. The first kappa shape index (κ1) is 24.2. The van der Waals surface area contributed by atoms with Crippen molar-refractivity contribution in [2.45, 2.75) is 26.3 Å². The topological polar surface area (TPSA) is 110 Å². The smallest absolute Gasteiger partial charge is 0.237 e. The van der Waals surface area contributed by atoms with E-state index in [1.807, 2.05) is 11.8 Å². The normalized spacial score (nSPS) is 18.3. The summed E-state index contributed by atoms with van der Waals surface area (Å²) in [7, 11) is 0. The summed E-state index contributed by atoms with van der Waals surface area (Å²) in [6, 6.07) is 5.67. The number of imidazole rings is 1. The third-order valence-electron chi connectivity index (χ3n) is 8.19. The van der Waals surface area contributed by atoms with E-state index in [9.17, 15) is 14.3 Å². The number of benzene rings is 2. The summed E-state index contributed by atoms with van der Waals surface area (Å²) in [5.41, 5.74) is 4.45. The lowest BCUT2D eigenvalue weighted by Crippen LogP contribution is -2.67. The Kier molecular flexibility index (Phi) is 5.50. The Labute approximate surface area is 222 Å². The van der Waals surface area contributed by atoms with Crippen molar-refractivity contribution in [1.82, 2.24) is 30.0 Å². The van der Waals surface area contributed by atoms with Crippen LogP contribution in [0.2, 0.25) is 0 Å².